The second-order valence-corrected chi connectivity index (χ2v) is 5.79. The summed E-state index contributed by atoms with van der Waals surface area (Å²) in [5.74, 6) is -0.692. The largest absolute Gasteiger partial charge is 0.449 e. The van der Waals surface area contributed by atoms with E-state index in [0.29, 0.717) is 5.56 Å². The maximum atomic E-state index is 12.6. The van der Waals surface area contributed by atoms with E-state index in [2.05, 4.69) is 0 Å². The van der Waals surface area contributed by atoms with Gasteiger partial charge in [-0.3, -0.25) is 0 Å². The molecule has 108 valence electrons. The van der Waals surface area contributed by atoms with E-state index < -0.39 is 17.6 Å². The third kappa shape index (κ3) is 3.00. The van der Waals surface area contributed by atoms with Gasteiger partial charge in [-0.15, -0.1) is 0 Å². The van der Waals surface area contributed by atoms with Gasteiger partial charge in [0.1, 0.15) is 0 Å². The molecule has 20 heavy (non-hydrogen) atoms. The molecule has 1 heterocycles. The van der Waals surface area contributed by atoms with Crippen molar-refractivity contribution in [2.75, 3.05) is 0 Å². The fourth-order valence-electron chi connectivity index (χ4n) is 2.05. The fraction of sp³-hybridized carbons (Fsp3) is 0.357. The molecule has 0 spiro atoms. The summed E-state index contributed by atoms with van der Waals surface area (Å²) in [4.78, 5) is 11.5. The van der Waals surface area contributed by atoms with Crippen molar-refractivity contribution < 1.29 is 22.7 Å². The molecule has 0 saturated carbocycles. The molecule has 0 bridgehead atoms. The van der Waals surface area contributed by atoms with Crippen LogP contribution in [-0.4, -0.2) is 11.5 Å². The summed E-state index contributed by atoms with van der Waals surface area (Å²) in [7, 11) is 0. The number of carbonyl (C=O) groups is 1. The van der Waals surface area contributed by atoms with Crippen LogP contribution < -0.4 is 0 Å². The summed E-state index contributed by atoms with van der Waals surface area (Å²) in [5, 5.41) is 0. The molecule has 0 radical (unpaired) electrons. The van der Waals surface area contributed by atoms with Crippen molar-refractivity contribution in [3.63, 3.8) is 0 Å². The highest BCUT2D eigenvalue weighted by Gasteiger charge is 2.41. The predicted molar refractivity (Wildman–Crippen MR) is 71.1 cm³/mol. The molecule has 0 aliphatic carbocycles. The molecule has 1 aromatic carbocycles. The van der Waals surface area contributed by atoms with E-state index in [0.717, 1.165) is 11.1 Å². The number of alkyl halides is 3. The molecule has 1 aromatic rings. The zero-order valence-corrected chi connectivity index (χ0v) is 12.0. The minimum absolute atomic E-state index is 0.0261. The Morgan fingerprint density at radius 2 is 1.85 bits per heavy atom. The van der Waals surface area contributed by atoms with E-state index in [1.807, 2.05) is 19.1 Å². The number of cyclic esters (lactones) is 1. The van der Waals surface area contributed by atoms with Crippen molar-refractivity contribution >= 4 is 17.7 Å². The van der Waals surface area contributed by atoms with Gasteiger partial charge < -0.3 is 4.74 Å². The molecule has 1 aliphatic heterocycles. The topological polar surface area (TPSA) is 26.3 Å². The normalized spacial score (nSPS) is 19.5. The number of aryl methyl sites for hydroxylation is 2. The number of hydrogen-bond donors (Lipinski definition) is 0. The first-order valence-electron chi connectivity index (χ1n) is 5.93. The van der Waals surface area contributed by atoms with Crippen LogP contribution in [-0.2, 0) is 9.53 Å². The van der Waals surface area contributed by atoms with Crippen molar-refractivity contribution in [2.24, 2.45) is 0 Å². The van der Waals surface area contributed by atoms with Crippen LogP contribution in [0.5, 0.6) is 0 Å². The Balaban J connectivity index is 2.46. The SMILES string of the molecule is CC1=C(SC(F)(F)F)C(c2cc(C)ccc2C)OC1=O. The van der Waals surface area contributed by atoms with Gasteiger partial charge in [-0.05, 0) is 38.1 Å². The monoisotopic (exact) mass is 302 g/mol. The molecule has 1 unspecified atom stereocenters. The van der Waals surface area contributed by atoms with E-state index >= 15 is 0 Å². The number of thioether (sulfide) groups is 1. The third-order valence-electron chi connectivity index (χ3n) is 3.08. The molecule has 0 fully saturated rings. The molecule has 0 N–H and O–H groups in total. The maximum absolute atomic E-state index is 12.6. The summed E-state index contributed by atoms with van der Waals surface area (Å²) >= 11 is -0.272. The Labute approximate surface area is 119 Å². The molecule has 0 amide bonds. The second-order valence-electron chi connectivity index (χ2n) is 4.68. The fourth-order valence-corrected chi connectivity index (χ4v) is 2.82. The molecule has 0 aromatic heterocycles. The van der Waals surface area contributed by atoms with Crippen molar-refractivity contribution in [3.8, 4) is 0 Å². The van der Waals surface area contributed by atoms with Gasteiger partial charge in [0.2, 0.25) is 0 Å². The van der Waals surface area contributed by atoms with Gasteiger partial charge >= 0.3 is 11.5 Å². The number of rotatable bonds is 2. The van der Waals surface area contributed by atoms with Crippen LogP contribution in [0.2, 0.25) is 0 Å². The van der Waals surface area contributed by atoms with Crippen molar-refractivity contribution in [1.82, 2.24) is 0 Å². The van der Waals surface area contributed by atoms with E-state index in [1.54, 1.807) is 13.0 Å². The van der Waals surface area contributed by atoms with Crippen LogP contribution in [0, 0.1) is 13.8 Å². The van der Waals surface area contributed by atoms with Gasteiger partial charge in [0.05, 0.1) is 0 Å². The Morgan fingerprint density at radius 3 is 2.45 bits per heavy atom. The molecule has 0 saturated heterocycles. The number of halogens is 3. The zero-order chi connectivity index (χ0) is 15.1. The third-order valence-corrected chi connectivity index (χ3v) is 4.05. The van der Waals surface area contributed by atoms with Crippen molar-refractivity contribution in [1.29, 1.82) is 0 Å². The molecule has 1 atom stereocenters. The summed E-state index contributed by atoms with van der Waals surface area (Å²) in [5.41, 5.74) is -2.12. The average molecular weight is 302 g/mol. The summed E-state index contributed by atoms with van der Waals surface area (Å²) in [6.45, 7) is 4.99. The van der Waals surface area contributed by atoms with Gasteiger partial charge in [-0.2, -0.15) is 13.2 Å². The quantitative estimate of drug-likeness (QED) is 0.756. The van der Waals surface area contributed by atoms with E-state index in [1.165, 1.54) is 6.92 Å². The van der Waals surface area contributed by atoms with Gasteiger partial charge in [-0.25, -0.2) is 4.79 Å². The highest BCUT2D eigenvalue weighted by Crippen LogP contribution is 2.48. The summed E-state index contributed by atoms with van der Waals surface area (Å²) in [6, 6.07) is 5.42. The molecule has 6 heteroatoms. The highest BCUT2D eigenvalue weighted by atomic mass is 32.2. The molecule has 2 rings (SSSR count). The number of benzene rings is 1. The number of hydrogen-bond acceptors (Lipinski definition) is 3. The van der Waals surface area contributed by atoms with Gasteiger partial charge in [0, 0.05) is 16.0 Å². The molecular weight excluding hydrogens is 289 g/mol. The number of ether oxygens (including phenoxy) is 1. The minimum Gasteiger partial charge on any atom is -0.449 e. The maximum Gasteiger partial charge on any atom is 0.446 e. The molecule has 1 aliphatic rings. The Hall–Kier alpha value is -1.43. The summed E-state index contributed by atoms with van der Waals surface area (Å²) in [6.07, 6.45) is -0.964. The van der Waals surface area contributed by atoms with Gasteiger partial charge in [0.25, 0.3) is 0 Å². The lowest BCUT2D eigenvalue weighted by molar-refractivity contribution is -0.139. The van der Waals surface area contributed by atoms with Crippen LogP contribution >= 0.6 is 11.8 Å². The van der Waals surface area contributed by atoms with Gasteiger partial charge in [-0.1, -0.05) is 23.8 Å². The van der Waals surface area contributed by atoms with E-state index in [9.17, 15) is 18.0 Å². The number of carbonyl (C=O) groups excluding carboxylic acids is 1. The van der Waals surface area contributed by atoms with Crippen LogP contribution in [0.15, 0.2) is 28.7 Å². The second kappa shape index (κ2) is 5.16. The Bertz CT molecular complexity index is 591. The average Bonchev–Trinajstić information content (AvgIpc) is 2.59. The van der Waals surface area contributed by atoms with Crippen LogP contribution in [0.3, 0.4) is 0 Å². The molecule has 2 nitrogen and oxygen atoms in total. The first kappa shape index (κ1) is 15.0. The lowest BCUT2D eigenvalue weighted by atomic mass is 10.0. The zero-order valence-electron chi connectivity index (χ0n) is 11.2. The van der Waals surface area contributed by atoms with Crippen molar-refractivity contribution in [2.45, 2.75) is 32.4 Å². The Kier molecular flexibility index (Phi) is 3.86. The highest BCUT2D eigenvalue weighted by molar-refractivity contribution is 8.04. The predicted octanol–water partition coefficient (Wildman–Crippen LogP) is 4.43. The smallest absolute Gasteiger partial charge is 0.446 e. The minimum atomic E-state index is -4.44. The molecular formula is C14H13F3O2S. The van der Waals surface area contributed by atoms with Crippen LogP contribution in [0.25, 0.3) is 0 Å². The van der Waals surface area contributed by atoms with Crippen molar-refractivity contribution in [3.05, 3.63) is 45.4 Å². The first-order valence-corrected chi connectivity index (χ1v) is 6.75. The van der Waals surface area contributed by atoms with E-state index in [4.69, 9.17) is 4.74 Å². The lowest BCUT2D eigenvalue weighted by Crippen LogP contribution is -2.08. The Morgan fingerprint density at radius 1 is 1.20 bits per heavy atom. The first-order chi connectivity index (χ1) is 9.19. The van der Waals surface area contributed by atoms with E-state index in [-0.39, 0.29) is 22.2 Å². The summed E-state index contributed by atoms with van der Waals surface area (Å²) < 4.78 is 43.0. The standard InChI is InChI=1S/C14H13F3O2S/c1-7-4-5-8(2)10(6-7)11-12(20-14(15,16)17)9(3)13(18)19-11/h4-6,11H,1-3H3. The van der Waals surface area contributed by atoms with Crippen LogP contribution in [0.1, 0.15) is 29.7 Å². The lowest BCUT2D eigenvalue weighted by Gasteiger charge is -2.18. The number of esters is 1. The van der Waals surface area contributed by atoms with Crippen LogP contribution in [0.4, 0.5) is 13.2 Å². The van der Waals surface area contributed by atoms with Gasteiger partial charge in [0.15, 0.2) is 6.10 Å².